The first-order valence-corrected chi connectivity index (χ1v) is 6.32. The summed E-state index contributed by atoms with van der Waals surface area (Å²) in [5, 5.41) is 4.20. The average Bonchev–Trinajstić information content (AvgIpc) is 2.30. The third-order valence-corrected chi connectivity index (χ3v) is 3.11. The van der Waals surface area contributed by atoms with Gasteiger partial charge in [-0.3, -0.25) is 0 Å². The predicted octanol–water partition coefficient (Wildman–Crippen LogP) is 5.40. The molecule has 2 aromatic rings. The van der Waals surface area contributed by atoms with Gasteiger partial charge < -0.3 is 5.32 Å². The highest BCUT2D eigenvalue weighted by atomic mass is 35.5. The van der Waals surface area contributed by atoms with Crippen LogP contribution >= 0.6 is 34.8 Å². The first-order valence-electron chi connectivity index (χ1n) is 5.19. The number of hydrogen-bond acceptors (Lipinski definition) is 1. The number of halogens is 4. The van der Waals surface area contributed by atoms with Gasteiger partial charge in [-0.05, 0) is 24.3 Å². The zero-order chi connectivity index (χ0) is 13.1. The van der Waals surface area contributed by atoms with Gasteiger partial charge in [0.05, 0.1) is 5.02 Å². The molecule has 0 saturated heterocycles. The van der Waals surface area contributed by atoms with Crippen molar-refractivity contribution >= 4 is 40.5 Å². The van der Waals surface area contributed by atoms with Crippen LogP contribution < -0.4 is 5.32 Å². The minimum absolute atomic E-state index is 0.110. The van der Waals surface area contributed by atoms with Gasteiger partial charge in [0.2, 0.25) is 0 Å². The summed E-state index contributed by atoms with van der Waals surface area (Å²) < 4.78 is 13.6. The lowest BCUT2D eigenvalue weighted by molar-refractivity contribution is 0.613. The van der Waals surface area contributed by atoms with Crippen LogP contribution in [0, 0.1) is 5.82 Å². The van der Waals surface area contributed by atoms with Gasteiger partial charge in [-0.25, -0.2) is 4.39 Å². The molecule has 0 spiro atoms. The Bertz CT molecular complexity index is 552. The van der Waals surface area contributed by atoms with Crippen LogP contribution in [0.1, 0.15) is 5.56 Å². The standard InChI is InChI=1S/C13H9Cl3FN/c14-9-4-10(15)6-11(5-9)18-7-8-2-1-3-12(16)13(8)17/h1-6,18H,7H2. The molecule has 0 aliphatic heterocycles. The zero-order valence-electron chi connectivity index (χ0n) is 9.18. The fraction of sp³-hybridized carbons (Fsp3) is 0.0769. The maximum atomic E-state index is 13.6. The minimum atomic E-state index is -0.417. The Balaban J connectivity index is 2.14. The molecule has 2 aromatic carbocycles. The van der Waals surface area contributed by atoms with Gasteiger partial charge in [0.25, 0.3) is 0 Å². The Morgan fingerprint density at radius 2 is 1.67 bits per heavy atom. The van der Waals surface area contributed by atoms with E-state index >= 15 is 0 Å². The fourth-order valence-corrected chi connectivity index (χ4v) is 2.26. The van der Waals surface area contributed by atoms with Crippen LogP contribution in [0.5, 0.6) is 0 Å². The largest absolute Gasteiger partial charge is 0.381 e. The van der Waals surface area contributed by atoms with E-state index in [2.05, 4.69) is 5.32 Å². The first kappa shape index (κ1) is 13.5. The fourth-order valence-electron chi connectivity index (χ4n) is 1.54. The van der Waals surface area contributed by atoms with E-state index in [0.717, 1.165) is 5.69 Å². The molecule has 0 saturated carbocycles. The minimum Gasteiger partial charge on any atom is -0.381 e. The average molecular weight is 305 g/mol. The summed E-state index contributed by atoms with van der Waals surface area (Å²) in [5.74, 6) is -0.417. The third kappa shape index (κ3) is 3.29. The van der Waals surface area contributed by atoms with Crippen LogP contribution in [0.4, 0.5) is 10.1 Å². The number of rotatable bonds is 3. The molecule has 0 atom stereocenters. The van der Waals surface area contributed by atoms with Crippen LogP contribution in [-0.2, 0) is 6.54 Å². The van der Waals surface area contributed by atoms with Crippen molar-refractivity contribution in [1.82, 2.24) is 0 Å². The zero-order valence-corrected chi connectivity index (χ0v) is 11.5. The molecule has 1 N–H and O–H groups in total. The number of benzene rings is 2. The second-order valence-corrected chi connectivity index (χ2v) is 5.00. The molecule has 5 heteroatoms. The maximum Gasteiger partial charge on any atom is 0.146 e. The summed E-state index contributed by atoms with van der Waals surface area (Å²) in [6, 6.07) is 9.95. The second-order valence-electron chi connectivity index (χ2n) is 3.72. The van der Waals surface area contributed by atoms with E-state index in [-0.39, 0.29) is 5.02 Å². The lowest BCUT2D eigenvalue weighted by Gasteiger charge is -2.09. The van der Waals surface area contributed by atoms with Gasteiger partial charge in [0, 0.05) is 27.8 Å². The monoisotopic (exact) mass is 303 g/mol. The number of nitrogens with one attached hydrogen (secondary N) is 1. The molecule has 0 aliphatic rings. The molecule has 0 aromatic heterocycles. The van der Waals surface area contributed by atoms with Crippen LogP contribution in [0.15, 0.2) is 36.4 Å². The molecule has 0 unspecified atom stereocenters. The summed E-state index contributed by atoms with van der Waals surface area (Å²) in [6.45, 7) is 0.309. The smallest absolute Gasteiger partial charge is 0.146 e. The second kappa shape index (κ2) is 5.79. The van der Waals surface area contributed by atoms with Crippen molar-refractivity contribution in [1.29, 1.82) is 0 Å². The predicted molar refractivity (Wildman–Crippen MR) is 75.2 cm³/mol. The quantitative estimate of drug-likeness (QED) is 0.800. The normalized spacial score (nSPS) is 10.4. The molecule has 0 aliphatic carbocycles. The van der Waals surface area contributed by atoms with Crippen LogP contribution in [0.2, 0.25) is 15.1 Å². The van der Waals surface area contributed by atoms with Crippen molar-refractivity contribution < 1.29 is 4.39 Å². The van der Waals surface area contributed by atoms with Crippen molar-refractivity contribution in [3.63, 3.8) is 0 Å². The van der Waals surface area contributed by atoms with Crippen molar-refractivity contribution in [2.75, 3.05) is 5.32 Å². The van der Waals surface area contributed by atoms with E-state index in [1.807, 2.05) is 0 Å². The number of anilines is 1. The van der Waals surface area contributed by atoms with Gasteiger partial charge in [-0.2, -0.15) is 0 Å². The molecule has 0 radical (unpaired) electrons. The Kier molecular flexibility index (Phi) is 4.33. The van der Waals surface area contributed by atoms with Crippen molar-refractivity contribution in [2.45, 2.75) is 6.54 Å². The van der Waals surface area contributed by atoms with Crippen LogP contribution in [0.25, 0.3) is 0 Å². The molecule has 18 heavy (non-hydrogen) atoms. The molecule has 0 amide bonds. The Hall–Kier alpha value is -0.960. The summed E-state index contributed by atoms with van der Waals surface area (Å²) in [5.41, 5.74) is 1.21. The summed E-state index contributed by atoms with van der Waals surface area (Å²) in [4.78, 5) is 0. The van der Waals surface area contributed by atoms with Crippen LogP contribution in [-0.4, -0.2) is 0 Å². The lowest BCUT2D eigenvalue weighted by atomic mass is 10.2. The lowest BCUT2D eigenvalue weighted by Crippen LogP contribution is -2.02. The van der Waals surface area contributed by atoms with Crippen molar-refractivity contribution in [2.24, 2.45) is 0 Å². The molecule has 1 nitrogen and oxygen atoms in total. The third-order valence-electron chi connectivity index (χ3n) is 2.38. The summed E-state index contributed by atoms with van der Waals surface area (Å²) >= 11 is 17.4. The van der Waals surface area contributed by atoms with E-state index in [4.69, 9.17) is 34.8 Å². The van der Waals surface area contributed by atoms with Gasteiger partial charge in [-0.15, -0.1) is 0 Å². The van der Waals surface area contributed by atoms with Crippen molar-refractivity contribution in [3.05, 3.63) is 62.8 Å². The highest BCUT2D eigenvalue weighted by molar-refractivity contribution is 6.35. The molecular weight excluding hydrogens is 296 g/mol. The molecule has 0 heterocycles. The molecule has 0 fully saturated rings. The molecule has 0 bridgehead atoms. The summed E-state index contributed by atoms with van der Waals surface area (Å²) in [6.07, 6.45) is 0. The highest BCUT2D eigenvalue weighted by Gasteiger charge is 2.06. The van der Waals surface area contributed by atoms with E-state index in [0.29, 0.717) is 22.2 Å². The van der Waals surface area contributed by atoms with Crippen molar-refractivity contribution in [3.8, 4) is 0 Å². The summed E-state index contributed by atoms with van der Waals surface area (Å²) in [7, 11) is 0. The Morgan fingerprint density at radius 1 is 1.00 bits per heavy atom. The van der Waals surface area contributed by atoms with E-state index in [1.165, 1.54) is 6.07 Å². The Labute approximate surface area is 119 Å². The van der Waals surface area contributed by atoms with Gasteiger partial charge in [0.1, 0.15) is 5.82 Å². The molecular formula is C13H9Cl3FN. The van der Waals surface area contributed by atoms with E-state index in [1.54, 1.807) is 30.3 Å². The van der Waals surface area contributed by atoms with E-state index in [9.17, 15) is 4.39 Å². The van der Waals surface area contributed by atoms with E-state index < -0.39 is 5.82 Å². The molecule has 94 valence electrons. The van der Waals surface area contributed by atoms with Crippen LogP contribution in [0.3, 0.4) is 0 Å². The van der Waals surface area contributed by atoms with Gasteiger partial charge in [0.15, 0.2) is 0 Å². The first-order chi connectivity index (χ1) is 8.56. The molecule has 2 rings (SSSR count). The topological polar surface area (TPSA) is 12.0 Å². The van der Waals surface area contributed by atoms with Gasteiger partial charge in [-0.1, -0.05) is 46.9 Å². The SMILES string of the molecule is Fc1c(Cl)cccc1CNc1cc(Cl)cc(Cl)c1. The maximum absolute atomic E-state index is 13.6. The Morgan fingerprint density at radius 3 is 2.33 bits per heavy atom. The van der Waals surface area contributed by atoms with Gasteiger partial charge >= 0.3 is 0 Å². The highest BCUT2D eigenvalue weighted by Crippen LogP contribution is 2.24. The number of hydrogen-bond donors (Lipinski definition) is 1.